The van der Waals surface area contributed by atoms with Gasteiger partial charge in [0.25, 0.3) is 0 Å². The Kier molecular flexibility index (Phi) is 13.6. The summed E-state index contributed by atoms with van der Waals surface area (Å²) in [4.78, 5) is 32.6. The number of aliphatic hydroxyl groups excluding tert-OH is 1. The average molecular weight is 800 g/mol. The van der Waals surface area contributed by atoms with Crippen LogP contribution in [0.2, 0.25) is 0 Å². The second-order valence-corrected chi connectivity index (χ2v) is 19.3. The van der Waals surface area contributed by atoms with Crippen LogP contribution in [0.4, 0.5) is 4.79 Å². The molecule has 8 nitrogen and oxygen atoms in total. The van der Waals surface area contributed by atoms with Crippen LogP contribution in [-0.2, 0) is 17.7 Å². The first kappa shape index (κ1) is 42.9. The van der Waals surface area contributed by atoms with Crippen LogP contribution in [0.5, 0.6) is 11.5 Å². The monoisotopic (exact) mass is 799 g/mol. The van der Waals surface area contributed by atoms with Gasteiger partial charge in [0.2, 0.25) is 5.78 Å². The Labute approximate surface area is 344 Å². The summed E-state index contributed by atoms with van der Waals surface area (Å²) in [5.41, 5.74) is 2.44. The first-order chi connectivity index (χ1) is 27.1. The Hall–Kier alpha value is -3.66. The molecule has 1 heterocycles. The van der Waals surface area contributed by atoms with Gasteiger partial charge >= 0.3 is 6.09 Å². The summed E-state index contributed by atoms with van der Waals surface area (Å²) in [6.07, 6.45) is 8.36. The predicted octanol–water partition coefficient (Wildman–Crippen LogP) is 10.4. The Morgan fingerprint density at radius 3 is 2.47 bits per heavy atom. The molecule has 2 aromatic carbocycles. The van der Waals surface area contributed by atoms with E-state index in [-0.39, 0.29) is 36.8 Å². The highest BCUT2D eigenvalue weighted by Gasteiger charge is 2.58. The molecule has 2 saturated carbocycles. The number of fused-ring (bicyclic) bond motifs is 8. The van der Waals surface area contributed by atoms with Gasteiger partial charge in [-0.25, -0.2) is 4.79 Å². The van der Waals surface area contributed by atoms with Crippen molar-refractivity contribution in [1.82, 2.24) is 4.90 Å². The summed E-state index contributed by atoms with van der Waals surface area (Å²) in [6.45, 7) is 13.2. The highest BCUT2D eigenvalue weighted by molar-refractivity contribution is 7.14. The molecule has 0 radical (unpaired) electrons. The van der Waals surface area contributed by atoms with E-state index in [0.717, 1.165) is 53.7 Å². The van der Waals surface area contributed by atoms with Crippen molar-refractivity contribution < 1.29 is 34.0 Å². The van der Waals surface area contributed by atoms with Gasteiger partial charge in [-0.15, -0.1) is 11.3 Å². The van der Waals surface area contributed by atoms with Gasteiger partial charge < -0.3 is 29.3 Å². The van der Waals surface area contributed by atoms with Crippen LogP contribution in [0.1, 0.15) is 135 Å². The van der Waals surface area contributed by atoms with E-state index in [1.165, 1.54) is 16.9 Å². The van der Waals surface area contributed by atoms with Crippen molar-refractivity contribution in [2.75, 3.05) is 20.8 Å². The molecular weight excluding hydrogens is 735 g/mol. The largest absolute Gasteiger partial charge is 0.497 e. The third kappa shape index (κ3) is 9.47. The number of methoxy groups -OCH3 is 2. The lowest BCUT2D eigenvalue weighted by atomic mass is 9.64. The lowest BCUT2D eigenvalue weighted by molar-refractivity contribution is -0.0877. The third-order valence-electron chi connectivity index (χ3n) is 13.7. The van der Waals surface area contributed by atoms with Crippen molar-refractivity contribution in [2.45, 2.75) is 136 Å². The van der Waals surface area contributed by atoms with E-state index >= 15 is 0 Å². The third-order valence-corrected chi connectivity index (χ3v) is 14.7. The van der Waals surface area contributed by atoms with Crippen LogP contribution in [-0.4, -0.2) is 65.6 Å². The fourth-order valence-corrected chi connectivity index (χ4v) is 10.9. The second kappa shape index (κ2) is 18.1. The number of aliphatic hydroxyl groups is 2. The average Bonchev–Trinajstić information content (AvgIpc) is 3.72. The van der Waals surface area contributed by atoms with Crippen molar-refractivity contribution in [3.63, 3.8) is 0 Å². The van der Waals surface area contributed by atoms with Crippen LogP contribution in [0.25, 0.3) is 0 Å². The molecule has 0 saturated heterocycles. The molecule has 2 bridgehead atoms. The molecular formula is C48H65NO7S. The van der Waals surface area contributed by atoms with Crippen LogP contribution < -0.4 is 9.47 Å². The molecule has 2 fully saturated rings. The van der Waals surface area contributed by atoms with E-state index in [2.05, 4.69) is 52.8 Å². The summed E-state index contributed by atoms with van der Waals surface area (Å²) < 4.78 is 17.8. The summed E-state index contributed by atoms with van der Waals surface area (Å²) in [6, 6.07) is 15.6. The fraction of sp³-hybridized carbons (Fsp3) is 0.583. The molecule has 57 heavy (non-hydrogen) atoms. The molecule has 4 aliphatic rings. The highest BCUT2D eigenvalue weighted by atomic mass is 32.1. The number of thiophene rings is 1. The molecule has 7 unspecified atom stereocenters. The number of ether oxygens (including phenoxy) is 3. The van der Waals surface area contributed by atoms with E-state index in [1.54, 1.807) is 19.1 Å². The second-order valence-electron chi connectivity index (χ2n) is 18.0. The van der Waals surface area contributed by atoms with Crippen LogP contribution in [0.15, 0.2) is 60.2 Å². The molecule has 1 aromatic heterocycles. The number of rotatable bonds is 10. The maximum absolute atomic E-state index is 14.7. The molecule has 9 heteroatoms. The summed E-state index contributed by atoms with van der Waals surface area (Å²) >= 11 is 1.49. The first-order valence-corrected chi connectivity index (χ1v) is 21.9. The van der Waals surface area contributed by atoms with Gasteiger partial charge in [-0.05, 0) is 137 Å². The number of amides is 1. The summed E-state index contributed by atoms with van der Waals surface area (Å²) in [7, 11) is 3.22. The molecule has 0 spiro atoms. The number of nitrogens with zero attached hydrogens (tertiary/aromatic N) is 1. The number of ketones is 1. The zero-order valence-electron chi connectivity index (χ0n) is 35.4. The van der Waals surface area contributed by atoms with Gasteiger partial charge in [0, 0.05) is 27.5 Å². The number of aryl methyl sites for hydroxylation is 1. The van der Waals surface area contributed by atoms with Gasteiger partial charge in [0.05, 0.1) is 43.9 Å². The van der Waals surface area contributed by atoms with E-state index in [9.17, 15) is 19.8 Å². The maximum Gasteiger partial charge on any atom is 0.410 e. The number of carbonyl (C=O) groups excluding carboxylic acids is 2. The van der Waals surface area contributed by atoms with Crippen molar-refractivity contribution in [1.29, 1.82) is 0 Å². The first-order valence-electron chi connectivity index (χ1n) is 21.1. The topological polar surface area (TPSA) is 106 Å². The van der Waals surface area contributed by atoms with Gasteiger partial charge in [-0.3, -0.25) is 4.79 Å². The van der Waals surface area contributed by atoms with Gasteiger partial charge in [0.15, 0.2) is 0 Å². The SMILES string of the molecule is COc1ccc(CN(CC2(O)CCC3c4ccc(cc4C(=O)c4ccc(C)s4)CC(O)CCC(C)=CCCC32C)C(=O)OC2CC(C)CCC2C(C)C)c(OC)c1. The lowest BCUT2D eigenvalue weighted by Gasteiger charge is -2.46. The maximum atomic E-state index is 14.7. The van der Waals surface area contributed by atoms with Gasteiger partial charge in [-0.2, -0.15) is 0 Å². The van der Waals surface area contributed by atoms with Gasteiger partial charge in [-0.1, -0.05) is 57.9 Å². The van der Waals surface area contributed by atoms with Crippen LogP contribution in [0.3, 0.4) is 0 Å². The van der Waals surface area contributed by atoms with E-state index in [1.807, 2.05) is 43.3 Å². The molecule has 310 valence electrons. The molecule has 4 aliphatic carbocycles. The standard InChI is InChI=1S/C48H65NO7S/c1-30(2)38-18-12-32(4)24-43(38)56-46(52)49(28-35-15-17-37(54-7)27-42(35)55-8)29-48(53)23-21-41-39-19-14-34(26-40(39)45(51)44-20-13-33(5)57-44)25-36(50)16-11-31(3)10-9-22-47(41,48)6/h10,13-15,17,19-20,26-27,30,32,36,38,41,43,50,53H,9,11-12,16,18,21-25,28-29H2,1-8H3. The molecule has 1 amide bonds. The van der Waals surface area contributed by atoms with E-state index < -0.39 is 23.2 Å². The zero-order valence-corrected chi connectivity index (χ0v) is 36.3. The molecule has 0 aliphatic heterocycles. The Bertz CT molecular complexity index is 1920. The van der Waals surface area contributed by atoms with Crippen molar-refractivity contribution in [3.8, 4) is 11.5 Å². The minimum absolute atomic E-state index is 0.0294. The predicted molar refractivity (Wildman–Crippen MR) is 227 cm³/mol. The van der Waals surface area contributed by atoms with Crippen molar-refractivity contribution >= 4 is 23.2 Å². The van der Waals surface area contributed by atoms with Crippen LogP contribution >= 0.6 is 11.3 Å². The van der Waals surface area contributed by atoms with E-state index in [0.29, 0.717) is 65.9 Å². The minimum Gasteiger partial charge on any atom is -0.497 e. The minimum atomic E-state index is -1.32. The molecule has 3 aromatic rings. The number of benzene rings is 2. The smallest absolute Gasteiger partial charge is 0.410 e. The molecule has 2 N–H and O–H groups in total. The fourth-order valence-electron chi connectivity index (χ4n) is 10.0. The van der Waals surface area contributed by atoms with Crippen LogP contribution in [0, 0.1) is 30.1 Å². The van der Waals surface area contributed by atoms with E-state index in [4.69, 9.17) is 14.2 Å². The summed E-state index contributed by atoms with van der Waals surface area (Å²) in [5, 5.41) is 24.3. The Morgan fingerprint density at radius 2 is 1.77 bits per heavy atom. The van der Waals surface area contributed by atoms with Gasteiger partial charge in [0.1, 0.15) is 17.6 Å². The number of allylic oxidation sites excluding steroid dienone is 2. The quantitative estimate of drug-likeness (QED) is 0.155. The number of hydrogen-bond acceptors (Lipinski definition) is 8. The molecule has 7 rings (SSSR count). The normalized spacial score (nSPS) is 28.0. The lowest BCUT2D eigenvalue weighted by Crippen LogP contribution is -2.54. The Morgan fingerprint density at radius 1 is 0.982 bits per heavy atom. The van der Waals surface area contributed by atoms with Crippen molar-refractivity contribution in [3.05, 3.63) is 92.2 Å². The Balaban J connectivity index is 1.42. The zero-order chi connectivity index (χ0) is 41.1. The summed E-state index contributed by atoms with van der Waals surface area (Å²) in [5.74, 6) is 2.14. The highest BCUT2D eigenvalue weighted by Crippen LogP contribution is 2.59. The van der Waals surface area contributed by atoms with Crippen molar-refractivity contribution in [2.24, 2.45) is 23.2 Å². The number of carbonyl (C=O) groups is 2. The molecule has 7 atom stereocenters. The number of hydrogen-bond donors (Lipinski definition) is 2.